The van der Waals surface area contributed by atoms with Gasteiger partial charge in [-0.1, -0.05) is 19.6 Å². The number of rotatable bonds is 9. The predicted octanol–water partition coefficient (Wildman–Crippen LogP) is 2.08. The molecular weight excluding hydrogens is 486 g/mol. The van der Waals surface area contributed by atoms with E-state index in [-0.39, 0.29) is 37.9 Å². The van der Waals surface area contributed by atoms with Gasteiger partial charge in [0.25, 0.3) is 0 Å². The lowest BCUT2D eigenvalue weighted by molar-refractivity contribution is 0.169. The molecule has 0 fully saturated rings. The number of nitrogens with zero attached hydrogens (tertiary/aromatic N) is 7. The number of aromatic nitrogens is 6. The minimum atomic E-state index is -3.82. The second kappa shape index (κ2) is 9.99. The first-order valence-electron chi connectivity index (χ1n) is 11.5. The van der Waals surface area contributed by atoms with E-state index in [9.17, 15) is 13.5 Å². The Balaban J connectivity index is 1.74. The van der Waals surface area contributed by atoms with Crippen LogP contribution in [-0.2, 0) is 16.4 Å². The molecule has 1 aliphatic heterocycles. The first-order chi connectivity index (χ1) is 16.6. The summed E-state index contributed by atoms with van der Waals surface area (Å²) in [6, 6.07) is 3.70. The molecule has 4 heterocycles. The maximum absolute atomic E-state index is 13.7. The summed E-state index contributed by atoms with van der Waals surface area (Å²) in [5.74, 6) is 1.24. The van der Waals surface area contributed by atoms with Crippen LogP contribution in [-0.4, -0.2) is 76.8 Å². The van der Waals surface area contributed by atoms with Gasteiger partial charge < -0.3 is 9.84 Å². The first kappa shape index (κ1) is 25.2. The van der Waals surface area contributed by atoms with Crippen LogP contribution in [0.25, 0.3) is 11.4 Å². The molecule has 0 bridgehead atoms. The summed E-state index contributed by atoms with van der Waals surface area (Å²) in [5, 5.41) is 18.8. The van der Waals surface area contributed by atoms with Crippen molar-refractivity contribution < 1.29 is 18.3 Å². The van der Waals surface area contributed by atoms with Crippen LogP contribution < -0.4 is 9.04 Å². The maximum Gasteiger partial charge on any atom is 0.241 e. The van der Waals surface area contributed by atoms with E-state index < -0.39 is 24.1 Å². The van der Waals surface area contributed by atoms with Gasteiger partial charge in [-0.3, -0.25) is 4.57 Å². The minimum Gasteiger partial charge on any atom is -0.475 e. The Morgan fingerprint density at radius 3 is 2.63 bits per heavy atom. The van der Waals surface area contributed by atoms with Crippen LogP contribution in [0.4, 0.5) is 5.95 Å². The van der Waals surface area contributed by atoms with Crippen molar-refractivity contribution in [3.63, 3.8) is 0 Å². The van der Waals surface area contributed by atoms with E-state index in [1.165, 1.54) is 4.31 Å². The number of hydrogen-bond donors (Lipinski definition) is 1. The smallest absolute Gasteiger partial charge is 0.241 e. The third-order valence-electron chi connectivity index (χ3n) is 5.72. The molecule has 1 atom stereocenters. The third-order valence-corrected chi connectivity index (χ3v) is 9.18. The van der Waals surface area contributed by atoms with Crippen molar-refractivity contribution in [3.8, 4) is 17.3 Å². The van der Waals surface area contributed by atoms with E-state index in [0.717, 1.165) is 11.6 Å². The molecule has 0 spiro atoms. The fourth-order valence-corrected chi connectivity index (χ4v) is 6.17. The SMILES string of the molecule is Cc1cnc(CCS(=O)(=O)N(CC[Si](C)(C)C)c2nnc3n2C(CO)COc2ncccc2-3)nc1. The highest BCUT2D eigenvalue weighted by Crippen LogP contribution is 2.36. The third kappa shape index (κ3) is 5.68. The second-order valence-corrected chi connectivity index (χ2v) is 17.5. The van der Waals surface area contributed by atoms with Gasteiger partial charge in [0, 0.05) is 39.6 Å². The van der Waals surface area contributed by atoms with Gasteiger partial charge in [0.05, 0.1) is 24.0 Å². The van der Waals surface area contributed by atoms with Gasteiger partial charge in [-0.15, -0.1) is 10.2 Å². The van der Waals surface area contributed by atoms with Crippen molar-refractivity contribution in [2.45, 2.75) is 45.1 Å². The normalized spacial score (nSPS) is 15.6. The number of sulfonamides is 1. The molecule has 1 N–H and O–H groups in total. The molecule has 188 valence electrons. The van der Waals surface area contributed by atoms with Crippen LogP contribution in [0.5, 0.6) is 5.88 Å². The van der Waals surface area contributed by atoms with Gasteiger partial charge in [-0.25, -0.2) is 27.7 Å². The summed E-state index contributed by atoms with van der Waals surface area (Å²) in [4.78, 5) is 12.8. The lowest BCUT2D eigenvalue weighted by atomic mass is 10.2. The largest absolute Gasteiger partial charge is 0.475 e. The van der Waals surface area contributed by atoms with Crippen LogP contribution in [0.3, 0.4) is 0 Å². The highest BCUT2D eigenvalue weighted by atomic mass is 32.2. The zero-order chi connectivity index (χ0) is 25.2. The van der Waals surface area contributed by atoms with E-state index in [1.807, 2.05) is 6.92 Å². The van der Waals surface area contributed by atoms with Gasteiger partial charge in [0.1, 0.15) is 12.4 Å². The highest BCUT2D eigenvalue weighted by molar-refractivity contribution is 7.92. The molecule has 1 aliphatic rings. The summed E-state index contributed by atoms with van der Waals surface area (Å²) in [6.07, 6.45) is 5.13. The molecule has 0 radical (unpaired) electrons. The van der Waals surface area contributed by atoms with Gasteiger partial charge in [0.2, 0.25) is 21.9 Å². The van der Waals surface area contributed by atoms with Crippen molar-refractivity contribution >= 4 is 24.0 Å². The number of aliphatic hydroxyl groups excluding tert-OH is 1. The number of hydrogen-bond acceptors (Lipinski definition) is 9. The summed E-state index contributed by atoms with van der Waals surface area (Å²) in [6.45, 7) is 8.55. The fraction of sp³-hybridized carbons (Fsp3) is 0.500. The Kier molecular flexibility index (Phi) is 7.19. The van der Waals surface area contributed by atoms with Gasteiger partial charge in [-0.05, 0) is 30.7 Å². The second-order valence-electron chi connectivity index (χ2n) is 9.82. The van der Waals surface area contributed by atoms with Gasteiger partial charge in [0.15, 0.2) is 5.82 Å². The molecule has 4 rings (SSSR count). The zero-order valence-electron chi connectivity index (χ0n) is 20.4. The van der Waals surface area contributed by atoms with Gasteiger partial charge >= 0.3 is 0 Å². The monoisotopic (exact) mass is 517 g/mol. The molecule has 0 saturated heterocycles. The average Bonchev–Trinajstić information content (AvgIpc) is 3.15. The molecule has 13 heteroatoms. The summed E-state index contributed by atoms with van der Waals surface area (Å²) in [5.41, 5.74) is 1.50. The molecule has 0 aromatic carbocycles. The van der Waals surface area contributed by atoms with Crippen LogP contribution in [0.2, 0.25) is 25.7 Å². The molecule has 3 aromatic rings. The number of ether oxygens (including phenoxy) is 1. The Labute approximate surface area is 206 Å². The van der Waals surface area contributed by atoms with E-state index >= 15 is 0 Å². The summed E-state index contributed by atoms with van der Waals surface area (Å²) in [7, 11) is -5.42. The lowest BCUT2D eigenvalue weighted by Gasteiger charge is -2.28. The number of aryl methyl sites for hydroxylation is 2. The van der Waals surface area contributed by atoms with E-state index in [1.54, 1.807) is 35.3 Å². The molecule has 0 saturated carbocycles. The van der Waals surface area contributed by atoms with Crippen LogP contribution >= 0.6 is 0 Å². The van der Waals surface area contributed by atoms with Crippen molar-refractivity contribution in [2.75, 3.05) is 29.8 Å². The molecular formula is C22H31N7O4SSi. The molecule has 35 heavy (non-hydrogen) atoms. The lowest BCUT2D eigenvalue weighted by Crippen LogP contribution is -2.40. The zero-order valence-corrected chi connectivity index (χ0v) is 22.2. The number of pyridine rings is 1. The summed E-state index contributed by atoms with van der Waals surface area (Å²) >= 11 is 0. The highest BCUT2D eigenvalue weighted by Gasteiger charge is 2.35. The first-order valence-corrected chi connectivity index (χ1v) is 16.8. The Hall–Kier alpha value is -2.90. The van der Waals surface area contributed by atoms with Crippen molar-refractivity contribution in [2.24, 2.45) is 0 Å². The topological polar surface area (TPSA) is 136 Å². The van der Waals surface area contributed by atoms with E-state index in [2.05, 4.69) is 44.8 Å². The Bertz CT molecular complexity index is 1280. The fourth-order valence-electron chi connectivity index (χ4n) is 3.71. The quantitative estimate of drug-likeness (QED) is 0.423. The van der Waals surface area contributed by atoms with E-state index in [0.29, 0.717) is 23.1 Å². The summed E-state index contributed by atoms with van der Waals surface area (Å²) < 4.78 is 36.2. The average molecular weight is 518 g/mol. The molecule has 1 unspecified atom stereocenters. The van der Waals surface area contributed by atoms with Gasteiger partial charge in [-0.2, -0.15) is 0 Å². The molecule has 0 amide bonds. The maximum atomic E-state index is 13.7. The molecule has 3 aromatic heterocycles. The Morgan fingerprint density at radius 2 is 1.94 bits per heavy atom. The van der Waals surface area contributed by atoms with Crippen molar-refractivity contribution in [1.29, 1.82) is 0 Å². The van der Waals surface area contributed by atoms with E-state index in [4.69, 9.17) is 4.74 Å². The minimum absolute atomic E-state index is 0.109. The standard InChI is InChI=1S/C22H31N7O4SSi/c1-16-12-24-19(25-13-16)7-10-34(31,32)28(9-11-35(2,3)4)22-27-26-20-18-6-5-8-23-21(18)33-15-17(14-30)29(20)22/h5-6,8,12-13,17,30H,7,9-11,14-15H2,1-4H3. The van der Waals surface area contributed by atoms with Crippen LogP contribution in [0.1, 0.15) is 17.4 Å². The predicted molar refractivity (Wildman–Crippen MR) is 135 cm³/mol. The molecule has 0 aliphatic carbocycles. The molecule has 11 nitrogen and oxygen atoms in total. The number of aliphatic hydroxyl groups is 1. The Morgan fingerprint density at radius 1 is 1.20 bits per heavy atom. The van der Waals surface area contributed by atoms with Crippen molar-refractivity contribution in [1.82, 2.24) is 29.7 Å². The van der Waals surface area contributed by atoms with Crippen LogP contribution in [0, 0.1) is 6.92 Å². The number of anilines is 1. The van der Waals surface area contributed by atoms with Crippen LogP contribution in [0.15, 0.2) is 30.7 Å². The van der Waals surface area contributed by atoms with Crippen molar-refractivity contribution in [3.05, 3.63) is 42.1 Å². The number of fused-ring (bicyclic) bond motifs is 3.